The van der Waals surface area contributed by atoms with E-state index in [1.165, 1.54) is 0 Å². The second-order valence-electron chi connectivity index (χ2n) is 4.48. The summed E-state index contributed by atoms with van der Waals surface area (Å²) in [6.07, 6.45) is -0.445. The lowest BCUT2D eigenvalue weighted by atomic mass is 10.2. The molecule has 0 heterocycles. The number of benzene rings is 1. The zero-order valence-corrected chi connectivity index (χ0v) is 12.0. The van der Waals surface area contributed by atoms with Crippen molar-refractivity contribution in [2.24, 2.45) is 0 Å². The van der Waals surface area contributed by atoms with Crippen molar-refractivity contribution >= 4 is 5.69 Å². The van der Waals surface area contributed by atoms with Crippen molar-refractivity contribution in [3.8, 4) is 11.5 Å². The lowest BCUT2D eigenvalue weighted by Gasteiger charge is -2.16. The minimum absolute atomic E-state index is 0.116. The first-order chi connectivity index (χ1) is 9.06. The predicted molar refractivity (Wildman–Crippen MR) is 75.1 cm³/mol. The minimum atomic E-state index is -0.561. The molecule has 2 N–H and O–H groups in total. The van der Waals surface area contributed by atoms with E-state index in [-0.39, 0.29) is 6.10 Å². The molecule has 1 atom stereocenters. The summed E-state index contributed by atoms with van der Waals surface area (Å²) in [4.78, 5) is 0. The second-order valence-corrected chi connectivity index (χ2v) is 4.48. The molecular formula is C14H23NO4. The molecule has 108 valence electrons. The number of anilines is 1. The van der Waals surface area contributed by atoms with Crippen molar-refractivity contribution < 1.29 is 19.3 Å². The number of rotatable bonds is 8. The van der Waals surface area contributed by atoms with E-state index in [2.05, 4.69) is 5.32 Å². The molecular weight excluding hydrogens is 246 g/mol. The topological polar surface area (TPSA) is 60.0 Å². The number of aliphatic hydroxyl groups is 1. The van der Waals surface area contributed by atoms with Crippen LogP contribution in [0.3, 0.4) is 0 Å². The van der Waals surface area contributed by atoms with Gasteiger partial charge in [-0.15, -0.1) is 0 Å². The Morgan fingerprint density at radius 1 is 1.21 bits per heavy atom. The number of hydrogen-bond acceptors (Lipinski definition) is 5. The molecule has 0 spiro atoms. The molecule has 5 heteroatoms. The van der Waals surface area contributed by atoms with E-state index in [9.17, 15) is 5.11 Å². The molecule has 0 aliphatic heterocycles. The highest BCUT2D eigenvalue weighted by Gasteiger charge is 2.09. The molecule has 1 aromatic carbocycles. The summed E-state index contributed by atoms with van der Waals surface area (Å²) in [6.45, 7) is 4.58. The highest BCUT2D eigenvalue weighted by atomic mass is 16.5. The Morgan fingerprint density at radius 3 is 2.53 bits per heavy atom. The van der Waals surface area contributed by atoms with Crippen LogP contribution < -0.4 is 14.8 Å². The Balaban J connectivity index is 2.52. The van der Waals surface area contributed by atoms with Gasteiger partial charge in [0.05, 0.1) is 38.7 Å². The van der Waals surface area contributed by atoms with Crippen molar-refractivity contribution in [3.05, 3.63) is 18.2 Å². The Bertz CT molecular complexity index is 382. The normalized spacial score (nSPS) is 12.3. The summed E-state index contributed by atoms with van der Waals surface area (Å²) in [5.41, 5.74) is 0.812. The van der Waals surface area contributed by atoms with Gasteiger partial charge in [0.2, 0.25) is 0 Å². The van der Waals surface area contributed by atoms with E-state index in [4.69, 9.17) is 14.2 Å². The number of hydrogen-bond donors (Lipinski definition) is 2. The van der Waals surface area contributed by atoms with Gasteiger partial charge in [-0.3, -0.25) is 0 Å². The van der Waals surface area contributed by atoms with Gasteiger partial charge in [-0.1, -0.05) is 0 Å². The van der Waals surface area contributed by atoms with E-state index in [1.54, 1.807) is 20.3 Å². The van der Waals surface area contributed by atoms with Gasteiger partial charge < -0.3 is 24.6 Å². The second kappa shape index (κ2) is 7.86. The quantitative estimate of drug-likeness (QED) is 0.755. The van der Waals surface area contributed by atoms with Crippen molar-refractivity contribution in [1.29, 1.82) is 0 Å². The fourth-order valence-corrected chi connectivity index (χ4v) is 1.53. The van der Waals surface area contributed by atoms with Crippen LogP contribution in [0.5, 0.6) is 11.5 Å². The smallest absolute Gasteiger partial charge is 0.145 e. The van der Waals surface area contributed by atoms with Crippen molar-refractivity contribution in [2.45, 2.75) is 26.1 Å². The van der Waals surface area contributed by atoms with Gasteiger partial charge in [-0.05, 0) is 26.0 Å². The third-order valence-corrected chi connectivity index (χ3v) is 2.56. The van der Waals surface area contributed by atoms with Crippen LogP contribution in [-0.4, -0.2) is 44.7 Å². The summed E-state index contributed by atoms with van der Waals surface area (Å²) < 4.78 is 15.7. The summed E-state index contributed by atoms with van der Waals surface area (Å²) in [6, 6.07) is 5.48. The van der Waals surface area contributed by atoms with Gasteiger partial charge in [-0.25, -0.2) is 0 Å². The van der Waals surface area contributed by atoms with Gasteiger partial charge in [0.1, 0.15) is 11.5 Å². The van der Waals surface area contributed by atoms with Crippen molar-refractivity contribution in [3.63, 3.8) is 0 Å². The molecule has 0 saturated heterocycles. The van der Waals surface area contributed by atoms with Gasteiger partial charge in [0, 0.05) is 12.6 Å². The first-order valence-electron chi connectivity index (χ1n) is 6.32. The first-order valence-corrected chi connectivity index (χ1v) is 6.32. The van der Waals surface area contributed by atoms with Crippen LogP contribution in [0.15, 0.2) is 18.2 Å². The third-order valence-electron chi connectivity index (χ3n) is 2.56. The molecule has 1 rings (SSSR count). The van der Waals surface area contributed by atoms with Crippen LogP contribution in [0.2, 0.25) is 0 Å². The zero-order valence-electron chi connectivity index (χ0n) is 12.0. The van der Waals surface area contributed by atoms with Crippen LogP contribution in [0.4, 0.5) is 5.69 Å². The number of aliphatic hydroxyl groups excluding tert-OH is 1. The Labute approximate surface area is 114 Å². The maximum atomic E-state index is 9.77. The zero-order chi connectivity index (χ0) is 14.3. The van der Waals surface area contributed by atoms with E-state index in [0.717, 1.165) is 11.4 Å². The maximum absolute atomic E-state index is 9.77. The fourth-order valence-electron chi connectivity index (χ4n) is 1.53. The van der Waals surface area contributed by atoms with Crippen LogP contribution in [0.1, 0.15) is 13.8 Å². The van der Waals surface area contributed by atoms with Gasteiger partial charge in [0.25, 0.3) is 0 Å². The summed E-state index contributed by atoms with van der Waals surface area (Å²) in [7, 11) is 3.20. The van der Waals surface area contributed by atoms with E-state index < -0.39 is 6.10 Å². The summed E-state index contributed by atoms with van der Waals surface area (Å²) >= 11 is 0. The van der Waals surface area contributed by atoms with Crippen LogP contribution in [-0.2, 0) is 4.74 Å². The monoisotopic (exact) mass is 269 g/mol. The largest absolute Gasteiger partial charge is 0.497 e. The molecule has 0 bridgehead atoms. The molecule has 1 aromatic rings. The lowest BCUT2D eigenvalue weighted by Crippen LogP contribution is -2.26. The van der Waals surface area contributed by atoms with Gasteiger partial charge in [0.15, 0.2) is 0 Å². The standard InChI is InChI=1S/C14H23NO4/c1-10(2)19-9-11(16)8-15-13-6-5-12(17-3)7-14(13)18-4/h5-7,10-11,15-16H,8-9H2,1-4H3. The van der Waals surface area contributed by atoms with Crippen molar-refractivity contribution in [1.82, 2.24) is 0 Å². The summed E-state index contributed by atoms with van der Waals surface area (Å²) in [5.74, 6) is 1.41. The molecule has 5 nitrogen and oxygen atoms in total. The van der Waals surface area contributed by atoms with Crippen LogP contribution in [0.25, 0.3) is 0 Å². The Kier molecular flexibility index (Phi) is 6.45. The SMILES string of the molecule is COc1ccc(NCC(O)COC(C)C)c(OC)c1. The predicted octanol–water partition coefficient (Wildman–Crippen LogP) is 1.90. The Hall–Kier alpha value is -1.46. The van der Waals surface area contributed by atoms with Crippen LogP contribution in [0, 0.1) is 0 Å². The molecule has 0 aliphatic rings. The average Bonchev–Trinajstić information content (AvgIpc) is 2.42. The number of ether oxygens (including phenoxy) is 3. The highest BCUT2D eigenvalue weighted by molar-refractivity contribution is 5.59. The number of methoxy groups -OCH3 is 2. The Morgan fingerprint density at radius 2 is 1.95 bits per heavy atom. The minimum Gasteiger partial charge on any atom is -0.497 e. The average molecular weight is 269 g/mol. The van der Waals surface area contributed by atoms with Gasteiger partial charge >= 0.3 is 0 Å². The lowest BCUT2D eigenvalue weighted by molar-refractivity contribution is 0.0112. The third kappa shape index (κ3) is 5.36. The maximum Gasteiger partial charge on any atom is 0.145 e. The van der Waals surface area contributed by atoms with Gasteiger partial charge in [-0.2, -0.15) is 0 Å². The van der Waals surface area contributed by atoms with E-state index >= 15 is 0 Å². The molecule has 0 saturated carbocycles. The summed E-state index contributed by atoms with van der Waals surface area (Å²) in [5, 5.41) is 12.9. The van der Waals surface area contributed by atoms with Crippen LogP contribution >= 0.6 is 0 Å². The molecule has 0 aromatic heterocycles. The molecule has 1 unspecified atom stereocenters. The fraction of sp³-hybridized carbons (Fsp3) is 0.571. The molecule has 0 radical (unpaired) electrons. The van der Waals surface area contributed by atoms with E-state index in [1.807, 2.05) is 26.0 Å². The molecule has 19 heavy (non-hydrogen) atoms. The highest BCUT2D eigenvalue weighted by Crippen LogP contribution is 2.28. The van der Waals surface area contributed by atoms with Crippen molar-refractivity contribution in [2.75, 3.05) is 32.7 Å². The number of nitrogens with one attached hydrogen (secondary N) is 1. The molecule has 0 aliphatic carbocycles. The van der Waals surface area contributed by atoms with E-state index in [0.29, 0.717) is 18.9 Å². The molecule has 0 amide bonds. The molecule has 0 fully saturated rings. The first kappa shape index (κ1) is 15.6.